The first-order valence-corrected chi connectivity index (χ1v) is 10.9. The molecule has 0 aliphatic heterocycles. The highest BCUT2D eigenvalue weighted by atomic mass is 35.5. The molecular formula is C21H31ClN2S. The summed E-state index contributed by atoms with van der Waals surface area (Å²) >= 11 is 8.08. The Balaban J connectivity index is 1.63. The summed E-state index contributed by atoms with van der Waals surface area (Å²) in [4.78, 5) is 4.13. The van der Waals surface area contributed by atoms with Gasteiger partial charge in [0.25, 0.3) is 0 Å². The van der Waals surface area contributed by atoms with E-state index in [-0.39, 0.29) is 0 Å². The molecule has 138 valence electrons. The first kappa shape index (κ1) is 19.2. The van der Waals surface area contributed by atoms with Gasteiger partial charge < -0.3 is 5.73 Å². The molecule has 3 rings (SSSR count). The highest BCUT2D eigenvalue weighted by Crippen LogP contribution is 2.31. The second kappa shape index (κ2) is 9.36. The van der Waals surface area contributed by atoms with Crippen molar-refractivity contribution in [2.75, 3.05) is 19.6 Å². The lowest BCUT2D eigenvalue weighted by Crippen LogP contribution is -2.34. The van der Waals surface area contributed by atoms with Crippen molar-refractivity contribution in [3.63, 3.8) is 0 Å². The summed E-state index contributed by atoms with van der Waals surface area (Å²) in [6.07, 6.45) is 10.6. The average molecular weight is 379 g/mol. The van der Waals surface area contributed by atoms with Gasteiger partial charge in [-0.15, -0.1) is 11.3 Å². The molecule has 0 radical (unpaired) electrons. The van der Waals surface area contributed by atoms with Gasteiger partial charge in [-0.1, -0.05) is 36.2 Å². The molecular weight excluding hydrogens is 348 g/mol. The van der Waals surface area contributed by atoms with Crippen LogP contribution in [0.15, 0.2) is 40.3 Å². The maximum absolute atomic E-state index is 6.21. The summed E-state index contributed by atoms with van der Waals surface area (Å²) in [5.74, 6) is 2.13. The third-order valence-electron chi connectivity index (χ3n) is 5.79. The summed E-state index contributed by atoms with van der Waals surface area (Å²) < 4.78 is 0. The van der Waals surface area contributed by atoms with Crippen LogP contribution in [0.3, 0.4) is 0 Å². The third-order valence-corrected chi connectivity index (χ3v) is 6.94. The zero-order valence-corrected chi connectivity index (χ0v) is 16.9. The minimum Gasteiger partial charge on any atom is -0.330 e. The van der Waals surface area contributed by atoms with E-state index in [1.807, 2.05) is 11.3 Å². The molecule has 1 aromatic heterocycles. The van der Waals surface area contributed by atoms with E-state index in [4.69, 9.17) is 17.3 Å². The molecule has 0 aromatic carbocycles. The van der Waals surface area contributed by atoms with Gasteiger partial charge in [0.2, 0.25) is 0 Å². The fraction of sp³-hybridized carbons (Fsp3) is 0.619. The lowest BCUT2D eigenvalue weighted by molar-refractivity contribution is 0.184. The fourth-order valence-electron chi connectivity index (χ4n) is 4.14. The van der Waals surface area contributed by atoms with E-state index in [1.165, 1.54) is 42.7 Å². The lowest BCUT2D eigenvalue weighted by Gasteiger charge is -2.34. The van der Waals surface area contributed by atoms with Crippen LogP contribution in [0.2, 0.25) is 0 Å². The number of halogens is 1. The Kier molecular flexibility index (Phi) is 7.18. The number of allylic oxidation sites excluding steroid dienone is 3. The first-order chi connectivity index (χ1) is 12.1. The van der Waals surface area contributed by atoms with Crippen LogP contribution in [0.4, 0.5) is 0 Å². The van der Waals surface area contributed by atoms with E-state index in [0.717, 1.165) is 42.9 Å². The first-order valence-electron chi connectivity index (χ1n) is 9.64. The van der Waals surface area contributed by atoms with Crippen LogP contribution in [-0.2, 0) is 6.54 Å². The topological polar surface area (TPSA) is 29.3 Å². The molecule has 0 saturated heterocycles. The lowest BCUT2D eigenvalue weighted by atomic mass is 9.81. The molecule has 0 spiro atoms. The van der Waals surface area contributed by atoms with Crippen molar-refractivity contribution >= 4 is 22.9 Å². The van der Waals surface area contributed by atoms with Crippen molar-refractivity contribution in [1.82, 2.24) is 4.90 Å². The normalized spacial score (nSPS) is 27.3. The average Bonchev–Trinajstić information content (AvgIpc) is 3.11. The predicted molar refractivity (Wildman–Crippen MR) is 110 cm³/mol. The smallest absolute Gasteiger partial charge is 0.0331 e. The number of nitrogens with two attached hydrogens (primary N) is 1. The van der Waals surface area contributed by atoms with Gasteiger partial charge >= 0.3 is 0 Å². The summed E-state index contributed by atoms with van der Waals surface area (Å²) in [5.41, 5.74) is 7.38. The Bertz CT molecular complexity index is 585. The van der Waals surface area contributed by atoms with Gasteiger partial charge in [0.15, 0.2) is 0 Å². The Hall–Kier alpha value is -0.610. The summed E-state index contributed by atoms with van der Waals surface area (Å²) in [6.45, 7) is 6.50. The van der Waals surface area contributed by atoms with Crippen molar-refractivity contribution in [1.29, 1.82) is 0 Å². The Morgan fingerprint density at radius 1 is 1.16 bits per heavy atom. The molecule has 2 N–H and O–H groups in total. The van der Waals surface area contributed by atoms with Gasteiger partial charge in [0, 0.05) is 29.5 Å². The summed E-state index contributed by atoms with van der Waals surface area (Å²) in [5, 5.41) is 3.17. The molecule has 2 nitrogen and oxygen atoms in total. The largest absolute Gasteiger partial charge is 0.330 e. The second-order valence-corrected chi connectivity index (χ2v) is 9.35. The van der Waals surface area contributed by atoms with Crippen LogP contribution >= 0.6 is 22.9 Å². The number of thiophene rings is 1. The molecule has 0 bridgehead atoms. The Morgan fingerprint density at radius 3 is 2.56 bits per heavy atom. The third kappa shape index (κ3) is 5.68. The maximum Gasteiger partial charge on any atom is 0.0331 e. The highest BCUT2D eigenvalue weighted by molar-refractivity contribution is 7.09. The maximum atomic E-state index is 6.21. The standard InChI is InChI=1S/C21H31ClN2S/c1-16-11-20(22)9-8-19(16)14-24(15-21-3-2-10-25-21)13-18-6-4-17(12-23)5-7-18/h2-3,8-10,16-18H,4-7,11-15,23H2,1H3. The zero-order valence-electron chi connectivity index (χ0n) is 15.3. The number of rotatable bonds is 7. The van der Waals surface area contributed by atoms with Gasteiger partial charge in [0.1, 0.15) is 0 Å². The van der Waals surface area contributed by atoms with Crippen LogP contribution < -0.4 is 5.73 Å². The van der Waals surface area contributed by atoms with E-state index in [0.29, 0.717) is 5.92 Å². The molecule has 2 aliphatic carbocycles. The number of hydrogen-bond donors (Lipinski definition) is 1. The number of nitrogens with zero attached hydrogens (tertiary/aromatic N) is 1. The van der Waals surface area contributed by atoms with E-state index in [1.54, 1.807) is 0 Å². The van der Waals surface area contributed by atoms with Crippen LogP contribution in [-0.4, -0.2) is 24.5 Å². The molecule has 4 heteroatoms. The van der Waals surface area contributed by atoms with Gasteiger partial charge in [-0.3, -0.25) is 4.90 Å². The van der Waals surface area contributed by atoms with E-state index in [2.05, 4.69) is 41.5 Å². The quantitative estimate of drug-likeness (QED) is 0.687. The summed E-state index contributed by atoms with van der Waals surface area (Å²) in [6, 6.07) is 4.42. The van der Waals surface area contributed by atoms with Crippen LogP contribution in [0, 0.1) is 17.8 Å². The molecule has 1 aromatic rings. The molecule has 1 atom stereocenters. The second-order valence-electron chi connectivity index (χ2n) is 7.83. The minimum absolute atomic E-state index is 0.552. The van der Waals surface area contributed by atoms with E-state index in [9.17, 15) is 0 Å². The summed E-state index contributed by atoms with van der Waals surface area (Å²) in [7, 11) is 0. The van der Waals surface area contributed by atoms with Crippen molar-refractivity contribution in [2.24, 2.45) is 23.5 Å². The Labute approximate surface area is 161 Å². The number of hydrogen-bond acceptors (Lipinski definition) is 3. The molecule has 1 heterocycles. The van der Waals surface area contributed by atoms with Crippen LogP contribution in [0.1, 0.15) is 43.9 Å². The van der Waals surface area contributed by atoms with Gasteiger partial charge in [0.05, 0.1) is 0 Å². The monoisotopic (exact) mass is 378 g/mol. The molecule has 25 heavy (non-hydrogen) atoms. The van der Waals surface area contributed by atoms with Gasteiger partial charge in [-0.2, -0.15) is 0 Å². The van der Waals surface area contributed by atoms with Gasteiger partial charge in [-0.05, 0) is 73.9 Å². The highest BCUT2D eigenvalue weighted by Gasteiger charge is 2.24. The Morgan fingerprint density at radius 2 is 1.92 bits per heavy atom. The van der Waals surface area contributed by atoms with E-state index >= 15 is 0 Å². The van der Waals surface area contributed by atoms with Crippen LogP contribution in [0.25, 0.3) is 0 Å². The predicted octanol–water partition coefficient (Wildman–Crippen LogP) is 5.40. The molecule has 1 unspecified atom stereocenters. The SMILES string of the molecule is CC1CC(Cl)=CC=C1CN(Cc1cccs1)CC1CCC(CN)CC1. The fourth-order valence-corrected chi connectivity index (χ4v) is 5.18. The van der Waals surface area contributed by atoms with Crippen molar-refractivity contribution in [3.8, 4) is 0 Å². The van der Waals surface area contributed by atoms with Crippen molar-refractivity contribution in [3.05, 3.63) is 45.1 Å². The molecule has 1 saturated carbocycles. The van der Waals surface area contributed by atoms with Gasteiger partial charge in [-0.25, -0.2) is 0 Å². The zero-order chi connectivity index (χ0) is 17.6. The molecule has 2 aliphatic rings. The van der Waals surface area contributed by atoms with Crippen molar-refractivity contribution < 1.29 is 0 Å². The van der Waals surface area contributed by atoms with Crippen LogP contribution in [0.5, 0.6) is 0 Å². The minimum atomic E-state index is 0.552. The molecule has 0 amide bonds. The van der Waals surface area contributed by atoms with Crippen molar-refractivity contribution in [2.45, 2.75) is 45.6 Å². The molecule has 1 fully saturated rings. The van der Waals surface area contributed by atoms with E-state index < -0.39 is 0 Å².